The van der Waals surface area contributed by atoms with Crippen LogP contribution in [0, 0.1) is 5.82 Å². The molecule has 2 aliphatic rings. The van der Waals surface area contributed by atoms with Crippen molar-refractivity contribution in [2.45, 2.75) is 18.9 Å². The monoisotopic (exact) mass is 411 g/mol. The molecule has 1 aromatic heterocycles. The first-order valence-corrected chi connectivity index (χ1v) is 10.4. The van der Waals surface area contributed by atoms with Gasteiger partial charge in [-0.3, -0.25) is 4.79 Å². The Balaban J connectivity index is 1.77. The third kappa shape index (κ3) is 3.33. The van der Waals surface area contributed by atoms with Crippen molar-refractivity contribution in [1.29, 1.82) is 0 Å². The molecule has 150 valence electrons. The molecule has 1 aliphatic heterocycles. The molecule has 9 nitrogen and oxygen atoms in total. The van der Waals surface area contributed by atoms with E-state index in [2.05, 4.69) is 0 Å². The van der Waals surface area contributed by atoms with Gasteiger partial charge in [0.2, 0.25) is 5.43 Å². The topological polar surface area (TPSA) is 123 Å². The fraction of sp³-hybridized carbons (Fsp3) is 0.412. The molecule has 1 aliphatic carbocycles. The molecule has 1 saturated carbocycles. The number of pyridine rings is 1. The summed E-state index contributed by atoms with van der Waals surface area (Å²) in [5.74, 6) is -2.02. The van der Waals surface area contributed by atoms with Crippen LogP contribution in [0.25, 0.3) is 10.9 Å². The number of benzene rings is 1. The van der Waals surface area contributed by atoms with E-state index >= 15 is 0 Å². The second-order valence-electron chi connectivity index (χ2n) is 7.09. The number of rotatable bonds is 4. The Morgan fingerprint density at radius 1 is 1.14 bits per heavy atom. The van der Waals surface area contributed by atoms with E-state index in [-0.39, 0.29) is 48.9 Å². The lowest BCUT2D eigenvalue weighted by molar-refractivity contribution is 0.0694. The van der Waals surface area contributed by atoms with Crippen molar-refractivity contribution in [3.05, 3.63) is 39.9 Å². The standard InChI is InChI=1S/C17H19FN3O6P/c18-13-7-11-14(21(10-1-2-10)9-12(16(11)22)17(23)24)8-15(13)19-3-5-20(6-4-19)28(25,26)27/h7-10H,1-6H2,(H,23,24)(H2,25,26,27). The average molecular weight is 411 g/mol. The quantitative estimate of drug-likeness (QED) is 0.645. The lowest BCUT2D eigenvalue weighted by Gasteiger charge is -2.36. The van der Waals surface area contributed by atoms with Gasteiger partial charge in [0.1, 0.15) is 11.4 Å². The molecule has 4 rings (SSSR count). The Morgan fingerprint density at radius 3 is 2.32 bits per heavy atom. The van der Waals surface area contributed by atoms with Crippen LogP contribution in [0.15, 0.2) is 23.1 Å². The van der Waals surface area contributed by atoms with E-state index in [0.29, 0.717) is 5.52 Å². The summed E-state index contributed by atoms with van der Waals surface area (Å²) in [5, 5.41) is 9.30. The van der Waals surface area contributed by atoms with Crippen molar-refractivity contribution >= 4 is 30.3 Å². The normalized spacial score (nSPS) is 18.6. The third-order valence-electron chi connectivity index (χ3n) is 5.24. The van der Waals surface area contributed by atoms with Crippen molar-refractivity contribution in [3.8, 4) is 0 Å². The lowest BCUT2D eigenvalue weighted by atomic mass is 10.1. The predicted molar refractivity (Wildman–Crippen MR) is 99.2 cm³/mol. The Morgan fingerprint density at radius 2 is 1.79 bits per heavy atom. The zero-order valence-corrected chi connectivity index (χ0v) is 15.7. The molecule has 2 aromatic rings. The van der Waals surface area contributed by atoms with Crippen LogP contribution in [0.1, 0.15) is 29.2 Å². The van der Waals surface area contributed by atoms with Crippen molar-refractivity contribution in [1.82, 2.24) is 9.24 Å². The zero-order valence-electron chi connectivity index (χ0n) is 14.8. The highest BCUT2D eigenvalue weighted by Gasteiger charge is 2.31. The van der Waals surface area contributed by atoms with Gasteiger partial charge >= 0.3 is 13.7 Å². The minimum atomic E-state index is -4.33. The highest BCUT2D eigenvalue weighted by molar-refractivity contribution is 7.49. The molecule has 0 radical (unpaired) electrons. The Kier molecular flexibility index (Phi) is 4.54. The molecule has 28 heavy (non-hydrogen) atoms. The summed E-state index contributed by atoms with van der Waals surface area (Å²) < 4.78 is 28.9. The molecule has 1 saturated heterocycles. The van der Waals surface area contributed by atoms with Gasteiger partial charge in [-0.1, -0.05) is 0 Å². The number of halogens is 1. The number of nitrogens with zero attached hydrogens (tertiary/aromatic N) is 3. The van der Waals surface area contributed by atoms with Crippen molar-refractivity contribution < 1.29 is 28.6 Å². The zero-order chi connectivity index (χ0) is 20.2. The van der Waals surface area contributed by atoms with Gasteiger partial charge < -0.3 is 24.4 Å². The summed E-state index contributed by atoms with van der Waals surface area (Å²) in [6.07, 6.45) is 3.02. The van der Waals surface area contributed by atoms with Crippen LogP contribution in [0.2, 0.25) is 0 Å². The van der Waals surface area contributed by atoms with Crippen LogP contribution < -0.4 is 10.3 Å². The van der Waals surface area contributed by atoms with Crippen LogP contribution in [-0.2, 0) is 4.57 Å². The largest absolute Gasteiger partial charge is 0.477 e. The number of carbonyl (C=O) groups is 1. The van der Waals surface area contributed by atoms with Crippen molar-refractivity contribution in [2.24, 2.45) is 0 Å². The smallest absolute Gasteiger partial charge is 0.403 e. The van der Waals surface area contributed by atoms with E-state index < -0.39 is 25.0 Å². The summed E-state index contributed by atoms with van der Waals surface area (Å²) >= 11 is 0. The highest BCUT2D eigenvalue weighted by atomic mass is 31.2. The Hall–Kier alpha value is -2.26. The molecule has 0 unspecified atom stereocenters. The maximum absolute atomic E-state index is 14.8. The molecular formula is C17H19FN3O6P. The maximum atomic E-state index is 14.8. The van der Waals surface area contributed by atoms with E-state index in [4.69, 9.17) is 0 Å². The molecule has 2 heterocycles. The lowest BCUT2D eigenvalue weighted by Crippen LogP contribution is -2.45. The van der Waals surface area contributed by atoms with Crippen LogP contribution >= 0.6 is 7.75 Å². The molecular weight excluding hydrogens is 392 g/mol. The first-order chi connectivity index (χ1) is 13.2. The van der Waals surface area contributed by atoms with E-state index in [9.17, 15) is 33.4 Å². The molecule has 1 aromatic carbocycles. The minimum Gasteiger partial charge on any atom is -0.477 e. The maximum Gasteiger partial charge on any atom is 0.403 e. The number of hydrogen-bond donors (Lipinski definition) is 3. The second-order valence-corrected chi connectivity index (χ2v) is 8.68. The van der Waals surface area contributed by atoms with Gasteiger partial charge in [0.05, 0.1) is 11.2 Å². The first-order valence-electron chi connectivity index (χ1n) is 8.84. The van der Waals surface area contributed by atoms with Gasteiger partial charge in [-0.05, 0) is 25.0 Å². The molecule has 11 heteroatoms. The molecule has 2 fully saturated rings. The SMILES string of the molecule is O=C(O)c1cn(C2CC2)c2cc(N3CCN(P(=O)(O)O)CC3)c(F)cc2c1=O. The summed E-state index contributed by atoms with van der Waals surface area (Å²) in [7, 11) is -4.33. The number of fused-ring (bicyclic) bond motifs is 1. The first kappa shape index (κ1) is 19.1. The highest BCUT2D eigenvalue weighted by Crippen LogP contribution is 2.41. The predicted octanol–water partition coefficient (Wildman–Crippen LogP) is 1.39. The van der Waals surface area contributed by atoms with Gasteiger partial charge in [0.15, 0.2) is 0 Å². The Labute approximate surface area is 158 Å². The van der Waals surface area contributed by atoms with Gasteiger partial charge in [0, 0.05) is 43.8 Å². The van der Waals surface area contributed by atoms with E-state index in [1.807, 2.05) is 0 Å². The van der Waals surface area contributed by atoms with Crippen molar-refractivity contribution in [3.63, 3.8) is 0 Å². The van der Waals surface area contributed by atoms with Gasteiger partial charge in [0.25, 0.3) is 0 Å². The average Bonchev–Trinajstić information content (AvgIpc) is 3.46. The van der Waals surface area contributed by atoms with E-state index in [1.54, 1.807) is 9.47 Å². The molecule has 0 bridgehead atoms. The fourth-order valence-electron chi connectivity index (χ4n) is 3.61. The van der Waals surface area contributed by atoms with E-state index in [1.165, 1.54) is 12.3 Å². The molecule has 3 N–H and O–H groups in total. The summed E-state index contributed by atoms with van der Waals surface area (Å²) in [6, 6.07) is 2.67. The summed E-state index contributed by atoms with van der Waals surface area (Å²) in [5.41, 5.74) is -0.418. The fourth-order valence-corrected chi connectivity index (χ4v) is 4.31. The molecule has 0 spiro atoms. The van der Waals surface area contributed by atoms with E-state index in [0.717, 1.165) is 23.6 Å². The van der Waals surface area contributed by atoms with Crippen LogP contribution in [0.4, 0.5) is 10.1 Å². The van der Waals surface area contributed by atoms with Gasteiger partial charge in [-0.25, -0.2) is 18.4 Å². The van der Waals surface area contributed by atoms with Crippen LogP contribution in [-0.4, -0.2) is 56.3 Å². The van der Waals surface area contributed by atoms with Gasteiger partial charge in [-0.15, -0.1) is 0 Å². The molecule has 0 amide bonds. The van der Waals surface area contributed by atoms with Crippen LogP contribution in [0.5, 0.6) is 0 Å². The number of carboxylic acids is 1. The number of piperazine rings is 1. The number of aromatic carboxylic acids is 1. The minimum absolute atomic E-state index is 0.0157. The third-order valence-corrected chi connectivity index (χ3v) is 6.37. The number of carboxylic acid groups (broad SMARTS) is 1. The number of anilines is 1. The summed E-state index contributed by atoms with van der Waals surface area (Å²) in [6.45, 7) is 0.590. The van der Waals surface area contributed by atoms with Crippen LogP contribution in [0.3, 0.4) is 0 Å². The number of aromatic nitrogens is 1. The summed E-state index contributed by atoms with van der Waals surface area (Å²) in [4.78, 5) is 44.1. The number of hydrogen-bond acceptors (Lipinski definition) is 4. The Bertz CT molecular complexity index is 1070. The van der Waals surface area contributed by atoms with Crippen molar-refractivity contribution in [2.75, 3.05) is 31.1 Å². The van der Waals surface area contributed by atoms with Gasteiger partial charge in [-0.2, -0.15) is 0 Å². The second kappa shape index (κ2) is 6.66. The molecule has 0 atom stereocenters.